The van der Waals surface area contributed by atoms with Crippen LogP contribution >= 0.6 is 0 Å². The summed E-state index contributed by atoms with van der Waals surface area (Å²) in [4.78, 5) is 23.2. The summed E-state index contributed by atoms with van der Waals surface area (Å²) >= 11 is 0. The van der Waals surface area contributed by atoms with Crippen LogP contribution in [0.5, 0.6) is 0 Å². The Balaban J connectivity index is 2.64. The summed E-state index contributed by atoms with van der Waals surface area (Å²) in [6, 6.07) is 1.57. The second-order valence-corrected chi connectivity index (χ2v) is 3.31. The van der Waals surface area contributed by atoms with Gasteiger partial charge in [0.15, 0.2) is 0 Å². The average molecular weight is 211 g/mol. The molecule has 0 aliphatic heterocycles. The minimum atomic E-state index is -0.883. The summed E-state index contributed by atoms with van der Waals surface area (Å²) < 4.78 is 1.45. The summed E-state index contributed by atoms with van der Waals surface area (Å²) in [7, 11) is 3.28. The van der Waals surface area contributed by atoms with E-state index in [1.54, 1.807) is 26.4 Å². The number of aromatic nitrogens is 2. The highest BCUT2D eigenvalue weighted by atomic mass is 16.4. The first-order chi connectivity index (χ1) is 7.00. The zero-order valence-corrected chi connectivity index (χ0v) is 8.67. The minimum Gasteiger partial charge on any atom is -0.481 e. The van der Waals surface area contributed by atoms with Crippen molar-refractivity contribution in [2.75, 3.05) is 14.1 Å². The normalized spacial score (nSPS) is 10.0. The summed E-state index contributed by atoms with van der Waals surface area (Å²) in [6.07, 6.45) is 1.59. The first-order valence-corrected chi connectivity index (χ1v) is 4.47. The fourth-order valence-electron chi connectivity index (χ4n) is 1.04. The summed E-state index contributed by atoms with van der Waals surface area (Å²) in [6.45, 7) is 0.274. The lowest BCUT2D eigenvalue weighted by Crippen LogP contribution is -2.22. The molecule has 0 spiro atoms. The molecular formula is C9H13N3O3. The van der Waals surface area contributed by atoms with Crippen molar-refractivity contribution in [3.05, 3.63) is 18.0 Å². The second kappa shape index (κ2) is 4.59. The Morgan fingerprint density at radius 3 is 2.73 bits per heavy atom. The van der Waals surface area contributed by atoms with Gasteiger partial charge in [-0.25, -0.2) is 0 Å². The zero-order valence-electron chi connectivity index (χ0n) is 8.67. The lowest BCUT2D eigenvalue weighted by atomic mass is 10.4. The van der Waals surface area contributed by atoms with E-state index >= 15 is 0 Å². The molecule has 15 heavy (non-hydrogen) atoms. The molecule has 1 aromatic heterocycles. The van der Waals surface area contributed by atoms with Crippen molar-refractivity contribution in [2.45, 2.75) is 13.0 Å². The molecule has 0 aromatic carbocycles. The molecular weight excluding hydrogens is 198 g/mol. The van der Waals surface area contributed by atoms with Gasteiger partial charge in [-0.05, 0) is 6.07 Å². The Labute approximate surface area is 87.1 Å². The monoisotopic (exact) mass is 211 g/mol. The molecule has 1 heterocycles. The maximum atomic E-state index is 11.4. The van der Waals surface area contributed by atoms with E-state index in [0.717, 1.165) is 0 Å². The van der Waals surface area contributed by atoms with Gasteiger partial charge in [0.1, 0.15) is 5.69 Å². The Kier molecular flexibility index (Phi) is 3.43. The quantitative estimate of drug-likeness (QED) is 0.764. The van der Waals surface area contributed by atoms with Gasteiger partial charge in [-0.15, -0.1) is 0 Å². The van der Waals surface area contributed by atoms with E-state index in [2.05, 4.69) is 5.10 Å². The van der Waals surface area contributed by atoms with Crippen LogP contribution in [0.3, 0.4) is 0 Å². The van der Waals surface area contributed by atoms with Crippen molar-refractivity contribution in [3.63, 3.8) is 0 Å². The Bertz CT molecular complexity index is 370. The highest BCUT2D eigenvalue weighted by Gasteiger charge is 2.11. The van der Waals surface area contributed by atoms with Gasteiger partial charge in [0.25, 0.3) is 5.91 Å². The molecule has 0 radical (unpaired) electrons. The van der Waals surface area contributed by atoms with E-state index < -0.39 is 5.97 Å². The predicted octanol–water partition coefficient (Wildman–Crippen LogP) is 0.0596. The molecule has 6 nitrogen and oxygen atoms in total. The van der Waals surface area contributed by atoms with Crippen LogP contribution in [0.1, 0.15) is 16.9 Å². The average Bonchev–Trinajstić information content (AvgIpc) is 2.61. The predicted molar refractivity (Wildman–Crippen MR) is 52.5 cm³/mol. The van der Waals surface area contributed by atoms with E-state index in [1.807, 2.05) is 0 Å². The van der Waals surface area contributed by atoms with Crippen molar-refractivity contribution in [2.24, 2.45) is 0 Å². The molecule has 82 valence electrons. The Hall–Kier alpha value is -1.85. The third-order valence-electron chi connectivity index (χ3n) is 1.82. The molecule has 1 amide bonds. The standard InChI is InChI=1S/C9H13N3O3/c1-11(2)9(15)7-3-5-12(10-7)6-4-8(13)14/h3,5H,4,6H2,1-2H3,(H,13,14). The number of carbonyl (C=O) groups is 2. The zero-order chi connectivity index (χ0) is 11.4. The number of carboxylic acid groups (broad SMARTS) is 1. The number of hydrogen-bond donors (Lipinski definition) is 1. The SMILES string of the molecule is CN(C)C(=O)c1ccn(CCC(=O)O)n1. The molecule has 0 bridgehead atoms. The van der Waals surface area contributed by atoms with Crippen LogP contribution in [0.2, 0.25) is 0 Å². The molecule has 0 saturated heterocycles. The van der Waals surface area contributed by atoms with E-state index in [9.17, 15) is 9.59 Å². The van der Waals surface area contributed by atoms with Gasteiger partial charge >= 0.3 is 5.97 Å². The lowest BCUT2D eigenvalue weighted by molar-refractivity contribution is -0.137. The van der Waals surface area contributed by atoms with Crippen molar-refractivity contribution in [3.8, 4) is 0 Å². The van der Waals surface area contributed by atoms with Gasteiger partial charge in [0.05, 0.1) is 13.0 Å². The number of carboxylic acids is 1. The van der Waals surface area contributed by atoms with Crippen LogP contribution < -0.4 is 0 Å². The van der Waals surface area contributed by atoms with Crippen molar-refractivity contribution < 1.29 is 14.7 Å². The number of amides is 1. The van der Waals surface area contributed by atoms with Crippen LogP contribution in [0.4, 0.5) is 0 Å². The molecule has 1 aromatic rings. The molecule has 0 aliphatic rings. The summed E-state index contributed by atoms with van der Waals surface area (Å²) in [5, 5.41) is 12.4. The molecule has 0 fully saturated rings. The van der Waals surface area contributed by atoms with E-state index in [0.29, 0.717) is 5.69 Å². The summed E-state index contributed by atoms with van der Waals surface area (Å²) in [5.41, 5.74) is 0.324. The Morgan fingerprint density at radius 1 is 1.53 bits per heavy atom. The molecule has 0 aliphatic carbocycles. The fourth-order valence-corrected chi connectivity index (χ4v) is 1.04. The van der Waals surface area contributed by atoms with Gasteiger partial charge in [-0.1, -0.05) is 0 Å². The number of nitrogens with zero attached hydrogens (tertiary/aromatic N) is 3. The Morgan fingerprint density at radius 2 is 2.20 bits per heavy atom. The second-order valence-electron chi connectivity index (χ2n) is 3.31. The number of rotatable bonds is 4. The topological polar surface area (TPSA) is 75.4 Å². The lowest BCUT2D eigenvalue weighted by Gasteiger charge is -2.06. The van der Waals surface area contributed by atoms with Crippen molar-refractivity contribution in [1.29, 1.82) is 0 Å². The van der Waals surface area contributed by atoms with Crippen LogP contribution in [0.25, 0.3) is 0 Å². The molecule has 0 unspecified atom stereocenters. The van der Waals surface area contributed by atoms with Crippen molar-refractivity contribution >= 4 is 11.9 Å². The number of aryl methyl sites for hydroxylation is 1. The maximum Gasteiger partial charge on any atom is 0.305 e. The largest absolute Gasteiger partial charge is 0.481 e. The van der Waals surface area contributed by atoms with Gasteiger partial charge in [-0.2, -0.15) is 5.10 Å². The van der Waals surface area contributed by atoms with E-state index in [4.69, 9.17) is 5.11 Å². The van der Waals surface area contributed by atoms with Crippen molar-refractivity contribution in [1.82, 2.24) is 14.7 Å². The molecule has 1 N–H and O–H groups in total. The third kappa shape index (κ3) is 3.08. The smallest absolute Gasteiger partial charge is 0.305 e. The van der Waals surface area contributed by atoms with Gasteiger partial charge in [-0.3, -0.25) is 14.3 Å². The first-order valence-electron chi connectivity index (χ1n) is 4.47. The first kappa shape index (κ1) is 11.2. The molecule has 6 heteroatoms. The van der Waals surface area contributed by atoms with E-state index in [1.165, 1.54) is 9.58 Å². The van der Waals surface area contributed by atoms with Crippen LogP contribution in [0.15, 0.2) is 12.3 Å². The van der Waals surface area contributed by atoms with Crippen LogP contribution in [0, 0.1) is 0 Å². The number of carbonyl (C=O) groups excluding carboxylic acids is 1. The van der Waals surface area contributed by atoms with Crippen LogP contribution in [-0.2, 0) is 11.3 Å². The maximum absolute atomic E-state index is 11.4. The van der Waals surface area contributed by atoms with Gasteiger partial charge in [0, 0.05) is 20.3 Å². The van der Waals surface area contributed by atoms with Gasteiger partial charge < -0.3 is 10.0 Å². The number of aliphatic carboxylic acids is 1. The number of hydrogen-bond acceptors (Lipinski definition) is 3. The van der Waals surface area contributed by atoms with E-state index in [-0.39, 0.29) is 18.9 Å². The minimum absolute atomic E-state index is 0.00270. The summed E-state index contributed by atoms with van der Waals surface area (Å²) in [5.74, 6) is -1.07. The van der Waals surface area contributed by atoms with Crippen LogP contribution in [-0.4, -0.2) is 45.8 Å². The van der Waals surface area contributed by atoms with Gasteiger partial charge in [0.2, 0.25) is 0 Å². The fraction of sp³-hybridized carbons (Fsp3) is 0.444. The highest BCUT2D eigenvalue weighted by Crippen LogP contribution is 2.00. The third-order valence-corrected chi connectivity index (χ3v) is 1.82. The molecule has 0 saturated carbocycles. The molecule has 1 rings (SSSR count). The highest BCUT2D eigenvalue weighted by molar-refractivity contribution is 5.91. The molecule has 0 atom stereocenters.